The Morgan fingerprint density at radius 3 is 2.63 bits per heavy atom. The number of ether oxygens (including phenoxy) is 1. The van der Waals surface area contributed by atoms with E-state index in [0.29, 0.717) is 42.0 Å². The number of rotatable bonds is 6. The number of carbonyl (C=O) groups is 1. The molecule has 2 aromatic rings. The van der Waals surface area contributed by atoms with Gasteiger partial charge in [0.05, 0.1) is 18.0 Å². The van der Waals surface area contributed by atoms with Crippen molar-refractivity contribution in [1.29, 1.82) is 0 Å². The Balaban J connectivity index is 1.99. The number of carboxylic acid groups (broad SMARTS) is 1. The van der Waals surface area contributed by atoms with Crippen molar-refractivity contribution < 1.29 is 19.0 Å². The van der Waals surface area contributed by atoms with Gasteiger partial charge in [0.1, 0.15) is 11.3 Å². The molecule has 30 heavy (non-hydrogen) atoms. The second kappa shape index (κ2) is 7.58. The van der Waals surface area contributed by atoms with Crippen LogP contribution in [-0.4, -0.2) is 48.9 Å². The molecule has 0 radical (unpaired) electrons. The summed E-state index contributed by atoms with van der Waals surface area (Å²) in [7, 11) is 3.40. The van der Waals surface area contributed by atoms with Crippen molar-refractivity contribution in [2.24, 2.45) is 5.92 Å². The van der Waals surface area contributed by atoms with Crippen molar-refractivity contribution in [1.82, 2.24) is 9.88 Å². The van der Waals surface area contributed by atoms with Gasteiger partial charge in [0.15, 0.2) is 11.6 Å². The lowest BCUT2D eigenvalue weighted by Crippen LogP contribution is -2.33. The molecule has 1 aliphatic carbocycles. The normalized spacial score (nSPS) is 20.0. The average Bonchev–Trinajstić information content (AvgIpc) is 3.45. The van der Waals surface area contributed by atoms with Gasteiger partial charge in [-0.3, -0.25) is 4.79 Å². The van der Waals surface area contributed by atoms with E-state index in [2.05, 4.69) is 12.2 Å². The van der Waals surface area contributed by atoms with Crippen LogP contribution in [0.5, 0.6) is 5.75 Å². The number of aryl methyl sites for hydroxylation is 1. The van der Waals surface area contributed by atoms with Crippen LogP contribution >= 0.6 is 0 Å². The minimum absolute atomic E-state index is 0.0912. The van der Waals surface area contributed by atoms with Crippen LogP contribution in [0.3, 0.4) is 0 Å². The minimum atomic E-state index is -1.30. The van der Waals surface area contributed by atoms with Crippen molar-refractivity contribution in [2.45, 2.75) is 45.2 Å². The number of pyridine rings is 1. The first-order chi connectivity index (χ1) is 14.3. The molecule has 0 unspecified atom stereocenters. The maximum absolute atomic E-state index is 15.7. The summed E-state index contributed by atoms with van der Waals surface area (Å²) >= 11 is 0. The maximum Gasteiger partial charge on any atom is 0.341 e. The van der Waals surface area contributed by atoms with Crippen LogP contribution in [0, 0.1) is 18.7 Å². The quantitative estimate of drug-likeness (QED) is 0.752. The molecule has 0 spiro atoms. The fraction of sp³-hybridized carbons (Fsp3) is 0.545. The Morgan fingerprint density at radius 2 is 2.07 bits per heavy atom. The molecule has 0 amide bonds. The summed E-state index contributed by atoms with van der Waals surface area (Å²) in [6.45, 7) is 5.04. The number of aromatic nitrogens is 1. The highest BCUT2D eigenvalue weighted by Gasteiger charge is 2.35. The third kappa shape index (κ3) is 3.14. The summed E-state index contributed by atoms with van der Waals surface area (Å²) in [6, 6.07) is 0.391. The number of nitrogens with zero attached hydrogens (tertiary/aromatic N) is 2. The first kappa shape index (κ1) is 20.7. The molecule has 7 nitrogen and oxygen atoms in total. The molecular weight excluding hydrogens is 389 g/mol. The van der Waals surface area contributed by atoms with Gasteiger partial charge in [0.2, 0.25) is 5.43 Å². The zero-order valence-corrected chi connectivity index (χ0v) is 17.8. The standard InChI is InChI=1S/C22H28FN3O4/c1-11-16-18(26(14-5-6-14)10-15(20(16)27)22(28)29)21(30-4)19(17(11)23)25-8-7-13(9-25)12(2)24-3/h10,12-14,24H,5-9H2,1-4H3,(H,28,29)/t12-,13+/m0/s1. The van der Waals surface area contributed by atoms with Gasteiger partial charge < -0.3 is 24.6 Å². The van der Waals surface area contributed by atoms with E-state index in [1.54, 1.807) is 11.5 Å². The molecule has 2 aliphatic rings. The number of anilines is 1. The Labute approximate surface area is 174 Å². The highest BCUT2D eigenvalue weighted by Crippen LogP contribution is 2.46. The molecule has 1 aromatic heterocycles. The maximum atomic E-state index is 15.7. The van der Waals surface area contributed by atoms with Crippen molar-refractivity contribution in [3.63, 3.8) is 0 Å². The third-order valence-electron chi connectivity index (χ3n) is 6.66. The van der Waals surface area contributed by atoms with Gasteiger partial charge in [-0.2, -0.15) is 0 Å². The third-order valence-corrected chi connectivity index (χ3v) is 6.66. The van der Waals surface area contributed by atoms with Crippen LogP contribution in [-0.2, 0) is 0 Å². The first-order valence-electron chi connectivity index (χ1n) is 10.4. The molecule has 1 aliphatic heterocycles. The van der Waals surface area contributed by atoms with E-state index in [-0.39, 0.29) is 22.6 Å². The van der Waals surface area contributed by atoms with Gasteiger partial charge in [-0.15, -0.1) is 0 Å². The van der Waals surface area contributed by atoms with E-state index >= 15 is 4.39 Å². The summed E-state index contributed by atoms with van der Waals surface area (Å²) in [5.41, 5.74) is 0.0298. The lowest BCUT2D eigenvalue weighted by Gasteiger charge is -2.26. The Bertz CT molecular complexity index is 1080. The number of nitrogens with one attached hydrogen (secondary N) is 1. The minimum Gasteiger partial charge on any atom is -0.492 e. The van der Waals surface area contributed by atoms with Crippen LogP contribution in [0.25, 0.3) is 10.9 Å². The smallest absolute Gasteiger partial charge is 0.341 e. The van der Waals surface area contributed by atoms with Crippen LogP contribution in [0.1, 0.15) is 48.1 Å². The number of fused-ring (bicyclic) bond motifs is 1. The number of aromatic carboxylic acids is 1. The second-order valence-electron chi connectivity index (χ2n) is 8.43. The first-order valence-corrected chi connectivity index (χ1v) is 10.4. The predicted octanol–water partition coefficient (Wildman–Crippen LogP) is 2.92. The van der Waals surface area contributed by atoms with Gasteiger partial charge in [0.25, 0.3) is 0 Å². The zero-order valence-electron chi connectivity index (χ0n) is 17.8. The number of hydrogen-bond donors (Lipinski definition) is 2. The van der Waals surface area contributed by atoms with Crippen molar-refractivity contribution >= 4 is 22.6 Å². The lowest BCUT2D eigenvalue weighted by molar-refractivity contribution is 0.0695. The molecule has 2 atom stereocenters. The molecule has 1 saturated heterocycles. The van der Waals surface area contributed by atoms with Gasteiger partial charge >= 0.3 is 5.97 Å². The molecule has 8 heteroatoms. The van der Waals surface area contributed by atoms with Gasteiger partial charge in [-0.25, -0.2) is 9.18 Å². The SMILES string of the molecule is CN[C@@H](C)[C@@H]1CCN(c2c(F)c(C)c3c(=O)c(C(=O)O)cn(C4CC4)c3c2OC)C1. The molecule has 2 heterocycles. The van der Waals surface area contributed by atoms with E-state index in [0.717, 1.165) is 19.3 Å². The van der Waals surface area contributed by atoms with Crippen LogP contribution in [0.2, 0.25) is 0 Å². The van der Waals surface area contributed by atoms with Crippen molar-refractivity contribution in [3.05, 3.63) is 33.4 Å². The van der Waals surface area contributed by atoms with E-state index < -0.39 is 17.2 Å². The van der Waals surface area contributed by atoms with E-state index in [4.69, 9.17) is 4.74 Å². The van der Waals surface area contributed by atoms with Gasteiger partial charge in [-0.1, -0.05) is 0 Å². The number of halogens is 1. The Hall–Kier alpha value is -2.61. The molecule has 4 rings (SSSR count). The Kier molecular flexibility index (Phi) is 5.22. The molecule has 2 fully saturated rings. The summed E-state index contributed by atoms with van der Waals surface area (Å²) in [5, 5.41) is 12.9. The highest BCUT2D eigenvalue weighted by molar-refractivity contribution is 5.99. The number of methoxy groups -OCH3 is 1. The van der Waals surface area contributed by atoms with E-state index in [1.165, 1.54) is 13.3 Å². The largest absolute Gasteiger partial charge is 0.492 e. The molecule has 0 bridgehead atoms. The van der Waals surface area contributed by atoms with Crippen LogP contribution in [0.4, 0.5) is 10.1 Å². The molecule has 1 saturated carbocycles. The fourth-order valence-electron chi connectivity index (χ4n) is 4.61. The molecule has 1 aromatic carbocycles. The Morgan fingerprint density at radius 1 is 1.37 bits per heavy atom. The molecule has 162 valence electrons. The molecular formula is C22H28FN3O4. The van der Waals surface area contributed by atoms with Gasteiger partial charge in [-0.05, 0) is 46.1 Å². The summed E-state index contributed by atoms with van der Waals surface area (Å²) in [6.07, 6.45) is 4.09. The summed E-state index contributed by atoms with van der Waals surface area (Å²) in [4.78, 5) is 26.6. The summed E-state index contributed by atoms with van der Waals surface area (Å²) in [5.74, 6) is -1.14. The number of benzene rings is 1. The topological polar surface area (TPSA) is 83.8 Å². The number of hydrogen-bond acceptors (Lipinski definition) is 5. The highest BCUT2D eigenvalue weighted by atomic mass is 19.1. The zero-order chi connectivity index (χ0) is 21.7. The lowest BCUT2D eigenvalue weighted by atomic mass is 10.0. The summed E-state index contributed by atoms with van der Waals surface area (Å²) < 4.78 is 23.2. The average molecular weight is 417 g/mol. The molecule has 2 N–H and O–H groups in total. The van der Waals surface area contributed by atoms with E-state index in [9.17, 15) is 14.7 Å². The second-order valence-corrected chi connectivity index (χ2v) is 8.43. The monoisotopic (exact) mass is 417 g/mol. The van der Waals surface area contributed by atoms with Crippen molar-refractivity contribution in [3.8, 4) is 5.75 Å². The van der Waals surface area contributed by atoms with E-state index in [1.807, 2.05) is 11.9 Å². The van der Waals surface area contributed by atoms with Crippen LogP contribution < -0.4 is 20.4 Å². The van der Waals surface area contributed by atoms with Gasteiger partial charge in [0, 0.05) is 36.9 Å². The predicted molar refractivity (Wildman–Crippen MR) is 114 cm³/mol. The fourth-order valence-corrected chi connectivity index (χ4v) is 4.61. The van der Waals surface area contributed by atoms with Crippen molar-refractivity contribution in [2.75, 3.05) is 32.1 Å². The number of carboxylic acids is 1. The van der Waals surface area contributed by atoms with Crippen LogP contribution in [0.15, 0.2) is 11.0 Å².